The van der Waals surface area contributed by atoms with Gasteiger partial charge in [-0.15, -0.1) is 0 Å². The van der Waals surface area contributed by atoms with Crippen molar-refractivity contribution in [3.63, 3.8) is 0 Å². The molecule has 0 aliphatic carbocycles. The zero-order chi connectivity index (χ0) is 15.2. The Balaban J connectivity index is 2.06. The van der Waals surface area contributed by atoms with Crippen molar-refractivity contribution >= 4 is 0 Å². The molecule has 0 unspecified atom stereocenters. The van der Waals surface area contributed by atoms with E-state index in [-0.39, 0.29) is 6.61 Å². The van der Waals surface area contributed by atoms with Gasteiger partial charge in [0.2, 0.25) is 5.88 Å². The van der Waals surface area contributed by atoms with Gasteiger partial charge in [-0.25, -0.2) is 4.98 Å². The second-order valence-electron chi connectivity index (χ2n) is 5.41. The van der Waals surface area contributed by atoms with E-state index >= 15 is 0 Å². The largest absolute Gasteiger partial charge is 0.439 e. The van der Waals surface area contributed by atoms with Crippen LogP contribution < -0.4 is 10.1 Å². The first kappa shape index (κ1) is 15.5. The number of nitrogens with one attached hydrogen (secondary N) is 1. The molecule has 21 heavy (non-hydrogen) atoms. The third-order valence-corrected chi connectivity index (χ3v) is 3.12. The van der Waals surface area contributed by atoms with E-state index in [0.29, 0.717) is 11.9 Å². The maximum Gasteiger partial charge on any atom is 0.222 e. The van der Waals surface area contributed by atoms with Crippen molar-refractivity contribution in [1.29, 1.82) is 0 Å². The molecule has 112 valence electrons. The predicted molar refractivity (Wildman–Crippen MR) is 83.4 cm³/mol. The van der Waals surface area contributed by atoms with Gasteiger partial charge in [-0.05, 0) is 36.2 Å². The molecule has 1 aromatic heterocycles. The van der Waals surface area contributed by atoms with Crippen LogP contribution in [0.25, 0.3) is 0 Å². The molecule has 0 saturated carbocycles. The highest BCUT2D eigenvalue weighted by atomic mass is 16.5. The van der Waals surface area contributed by atoms with E-state index in [1.54, 1.807) is 0 Å². The standard InChI is InChI=1S/C17H22N2O2/c1-12(2)18-9-15-8-13(3)17(19-10-15)21-16-6-4-14(11-20)5-7-16/h4-8,10,12,18,20H,9,11H2,1-3H3. The molecule has 4 heteroatoms. The SMILES string of the molecule is Cc1cc(CNC(C)C)cnc1Oc1ccc(CO)cc1. The van der Waals surface area contributed by atoms with Crippen LogP contribution in [-0.2, 0) is 13.2 Å². The number of pyridine rings is 1. The van der Waals surface area contributed by atoms with Gasteiger partial charge in [0.25, 0.3) is 0 Å². The quantitative estimate of drug-likeness (QED) is 0.856. The summed E-state index contributed by atoms with van der Waals surface area (Å²) in [5.74, 6) is 1.33. The monoisotopic (exact) mass is 286 g/mol. The summed E-state index contributed by atoms with van der Waals surface area (Å²) in [4.78, 5) is 4.38. The number of aromatic nitrogens is 1. The van der Waals surface area contributed by atoms with Gasteiger partial charge in [0.1, 0.15) is 5.75 Å². The van der Waals surface area contributed by atoms with E-state index in [1.165, 1.54) is 0 Å². The first-order valence-corrected chi connectivity index (χ1v) is 7.15. The van der Waals surface area contributed by atoms with E-state index in [1.807, 2.05) is 37.4 Å². The number of nitrogens with zero attached hydrogens (tertiary/aromatic N) is 1. The molecule has 0 fully saturated rings. The molecule has 4 nitrogen and oxygen atoms in total. The van der Waals surface area contributed by atoms with Crippen molar-refractivity contribution < 1.29 is 9.84 Å². The molecule has 2 rings (SSSR count). The van der Waals surface area contributed by atoms with Crippen LogP contribution in [0.15, 0.2) is 36.5 Å². The van der Waals surface area contributed by atoms with Crippen LogP contribution >= 0.6 is 0 Å². The third kappa shape index (κ3) is 4.55. The topological polar surface area (TPSA) is 54.4 Å². The van der Waals surface area contributed by atoms with Crippen LogP contribution in [0.5, 0.6) is 11.6 Å². The third-order valence-electron chi connectivity index (χ3n) is 3.12. The maximum absolute atomic E-state index is 9.02. The van der Waals surface area contributed by atoms with Crippen molar-refractivity contribution in [2.75, 3.05) is 0 Å². The Morgan fingerprint density at radius 3 is 2.48 bits per heavy atom. The summed E-state index contributed by atoms with van der Waals surface area (Å²) >= 11 is 0. The van der Waals surface area contributed by atoms with E-state index < -0.39 is 0 Å². The number of hydrogen-bond acceptors (Lipinski definition) is 4. The fourth-order valence-corrected chi connectivity index (χ4v) is 1.92. The Kier molecular flexibility index (Phi) is 5.31. The summed E-state index contributed by atoms with van der Waals surface area (Å²) in [6, 6.07) is 9.88. The van der Waals surface area contributed by atoms with Crippen molar-refractivity contribution in [2.24, 2.45) is 0 Å². The second kappa shape index (κ2) is 7.20. The molecule has 0 aliphatic heterocycles. The maximum atomic E-state index is 9.02. The molecule has 0 atom stereocenters. The highest BCUT2D eigenvalue weighted by Crippen LogP contribution is 2.23. The smallest absolute Gasteiger partial charge is 0.222 e. The lowest BCUT2D eigenvalue weighted by Crippen LogP contribution is -2.21. The zero-order valence-electron chi connectivity index (χ0n) is 12.8. The molecule has 1 heterocycles. The van der Waals surface area contributed by atoms with Crippen LogP contribution in [-0.4, -0.2) is 16.1 Å². The highest BCUT2D eigenvalue weighted by Gasteiger charge is 2.05. The number of aliphatic hydroxyl groups is 1. The molecular weight excluding hydrogens is 264 g/mol. The van der Waals surface area contributed by atoms with Crippen LogP contribution in [0, 0.1) is 6.92 Å². The summed E-state index contributed by atoms with van der Waals surface area (Å²) in [6.07, 6.45) is 1.83. The van der Waals surface area contributed by atoms with Crippen LogP contribution in [0.1, 0.15) is 30.5 Å². The minimum atomic E-state index is 0.0368. The van der Waals surface area contributed by atoms with Gasteiger partial charge in [0, 0.05) is 24.3 Å². The van der Waals surface area contributed by atoms with Crippen LogP contribution in [0.3, 0.4) is 0 Å². The van der Waals surface area contributed by atoms with Crippen LogP contribution in [0.4, 0.5) is 0 Å². The minimum Gasteiger partial charge on any atom is -0.439 e. The second-order valence-corrected chi connectivity index (χ2v) is 5.41. The van der Waals surface area contributed by atoms with Gasteiger partial charge in [0.15, 0.2) is 0 Å². The van der Waals surface area contributed by atoms with Gasteiger partial charge in [0.05, 0.1) is 6.61 Å². The number of aliphatic hydroxyl groups excluding tert-OH is 1. The fourth-order valence-electron chi connectivity index (χ4n) is 1.92. The Bertz CT molecular complexity index is 580. The molecule has 0 saturated heterocycles. The number of aryl methyl sites for hydroxylation is 1. The first-order valence-electron chi connectivity index (χ1n) is 7.15. The molecule has 2 N–H and O–H groups in total. The minimum absolute atomic E-state index is 0.0368. The summed E-state index contributed by atoms with van der Waals surface area (Å²) < 4.78 is 5.78. The van der Waals surface area contributed by atoms with Gasteiger partial charge in [-0.1, -0.05) is 26.0 Å². The van der Waals surface area contributed by atoms with Crippen LogP contribution in [0.2, 0.25) is 0 Å². The Morgan fingerprint density at radius 2 is 1.90 bits per heavy atom. The molecule has 0 aliphatic rings. The molecule has 0 spiro atoms. The first-order chi connectivity index (χ1) is 10.1. The lowest BCUT2D eigenvalue weighted by molar-refractivity contribution is 0.281. The van der Waals surface area contributed by atoms with Crippen molar-refractivity contribution in [1.82, 2.24) is 10.3 Å². The molecule has 0 radical (unpaired) electrons. The molecule has 0 bridgehead atoms. The Morgan fingerprint density at radius 1 is 1.19 bits per heavy atom. The van der Waals surface area contributed by atoms with Crippen molar-refractivity contribution in [3.8, 4) is 11.6 Å². The van der Waals surface area contributed by atoms with Gasteiger partial charge in [-0.3, -0.25) is 0 Å². The summed E-state index contributed by atoms with van der Waals surface area (Å²) in [6.45, 7) is 7.07. The van der Waals surface area contributed by atoms with Crippen molar-refractivity contribution in [3.05, 3.63) is 53.2 Å². The van der Waals surface area contributed by atoms with Gasteiger partial charge >= 0.3 is 0 Å². The number of ether oxygens (including phenoxy) is 1. The predicted octanol–water partition coefficient (Wildman–Crippen LogP) is 3.17. The van der Waals surface area contributed by atoms with E-state index in [2.05, 4.69) is 30.2 Å². The Hall–Kier alpha value is -1.91. The molecule has 0 amide bonds. The normalized spacial score (nSPS) is 10.9. The van der Waals surface area contributed by atoms with E-state index in [0.717, 1.165) is 29.0 Å². The summed E-state index contributed by atoms with van der Waals surface area (Å²) in [5.41, 5.74) is 3.01. The fraction of sp³-hybridized carbons (Fsp3) is 0.353. The van der Waals surface area contributed by atoms with Gasteiger partial charge in [-0.2, -0.15) is 0 Å². The summed E-state index contributed by atoms with van der Waals surface area (Å²) in [5, 5.41) is 12.4. The lowest BCUT2D eigenvalue weighted by atomic mass is 10.2. The highest BCUT2D eigenvalue weighted by molar-refractivity contribution is 5.34. The molecular formula is C17H22N2O2. The summed E-state index contributed by atoms with van der Waals surface area (Å²) in [7, 11) is 0. The lowest BCUT2D eigenvalue weighted by Gasteiger charge is -2.11. The molecule has 1 aromatic carbocycles. The average Bonchev–Trinajstić information content (AvgIpc) is 2.48. The van der Waals surface area contributed by atoms with Gasteiger partial charge < -0.3 is 15.2 Å². The van der Waals surface area contributed by atoms with Crippen molar-refractivity contribution in [2.45, 2.75) is 40.0 Å². The average molecular weight is 286 g/mol. The number of hydrogen-bond donors (Lipinski definition) is 2. The molecule has 2 aromatic rings. The Labute approximate surface area is 125 Å². The number of rotatable bonds is 6. The van der Waals surface area contributed by atoms with E-state index in [4.69, 9.17) is 9.84 Å². The van der Waals surface area contributed by atoms with E-state index in [9.17, 15) is 0 Å². The zero-order valence-corrected chi connectivity index (χ0v) is 12.8. The number of benzene rings is 1.